The van der Waals surface area contributed by atoms with Crippen LogP contribution in [0.5, 0.6) is 0 Å². The highest BCUT2D eigenvalue weighted by molar-refractivity contribution is 5.81. The van der Waals surface area contributed by atoms with Crippen LogP contribution in [0.1, 0.15) is 54.4 Å². The summed E-state index contributed by atoms with van der Waals surface area (Å²) in [6.07, 6.45) is 3.51. The number of hydrogen-bond acceptors (Lipinski definition) is 2. The van der Waals surface area contributed by atoms with Crippen LogP contribution < -0.4 is 0 Å². The molecule has 96 valence electrons. The molecular formula is C14H28O2. The van der Waals surface area contributed by atoms with E-state index < -0.39 is 0 Å². The molecular weight excluding hydrogens is 200 g/mol. The second-order valence-electron chi connectivity index (χ2n) is 3.73. The summed E-state index contributed by atoms with van der Waals surface area (Å²) in [6, 6.07) is 0. The van der Waals surface area contributed by atoms with Crippen molar-refractivity contribution in [1.82, 2.24) is 0 Å². The Balaban J connectivity index is 0. The summed E-state index contributed by atoms with van der Waals surface area (Å²) < 4.78 is 5.19. The molecule has 0 radical (unpaired) electrons. The van der Waals surface area contributed by atoms with Gasteiger partial charge in [0.15, 0.2) is 0 Å². The molecule has 0 aromatic rings. The summed E-state index contributed by atoms with van der Waals surface area (Å²) in [5.74, 6) is 0.896. The van der Waals surface area contributed by atoms with Crippen molar-refractivity contribution in [1.29, 1.82) is 0 Å². The van der Waals surface area contributed by atoms with Crippen LogP contribution in [-0.2, 0) is 9.53 Å². The molecule has 0 spiro atoms. The van der Waals surface area contributed by atoms with E-state index in [4.69, 9.17) is 4.74 Å². The zero-order chi connectivity index (χ0) is 13.1. The Morgan fingerprint density at radius 3 is 2.00 bits per heavy atom. The lowest BCUT2D eigenvalue weighted by molar-refractivity contribution is -0.144. The van der Waals surface area contributed by atoms with E-state index in [2.05, 4.69) is 20.4 Å². The zero-order valence-electron chi connectivity index (χ0n) is 11.7. The molecule has 1 saturated carbocycles. The first-order chi connectivity index (χ1) is 7.63. The first kappa shape index (κ1) is 17.6. The van der Waals surface area contributed by atoms with Gasteiger partial charge in [0, 0.05) is 6.08 Å². The highest BCUT2D eigenvalue weighted by atomic mass is 16.5. The largest absolute Gasteiger partial charge is 0.459 e. The molecule has 0 amide bonds. The fourth-order valence-corrected chi connectivity index (χ4v) is 1.87. The van der Waals surface area contributed by atoms with E-state index in [1.807, 2.05) is 27.7 Å². The van der Waals surface area contributed by atoms with Gasteiger partial charge in [0.05, 0.1) is 0 Å². The first-order valence-corrected chi connectivity index (χ1v) is 6.46. The smallest absolute Gasteiger partial charge is 0.330 e. The molecule has 0 bridgehead atoms. The van der Waals surface area contributed by atoms with Gasteiger partial charge in [-0.15, -0.1) is 0 Å². The van der Waals surface area contributed by atoms with Crippen LogP contribution in [0.4, 0.5) is 0 Å². The van der Waals surface area contributed by atoms with Crippen molar-refractivity contribution in [2.75, 3.05) is 0 Å². The molecule has 0 heterocycles. The van der Waals surface area contributed by atoms with E-state index in [0.29, 0.717) is 11.8 Å². The molecule has 0 aromatic carbocycles. The number of ether oxygens (including phenoxy) is 1. The number of esters is 1. The lowest BCUT2D eigenvalue weighted by Gasteiger charge is -2.14. The summed E-state index contributed by atoms with van der Waals surface area (Å²) in [4.78, 5) is 10.9. The minimum atomic E-state index is -0.291. The third kappa shape index (κ3) is 6.65. The van der Waals surface area contributed by atoms with Gasteiger partial charge < -0.3 is 4.74 Å². The highest BCUT2D eigenvalue weighted by Gasteiger charge is 2.30. The maximum absolute atomic E-state index is 10.9. The third-order valence-electron chi connectivity index (χ3n) is 2.48. The second-order valence-corrected chi connectivity index (χ2v) is 3.73. The maximum atomic E-state index is 10.9. The number of rotatable bonds is 2. The summed E-state index contributed by atoms with van der Waals surface area (Å²) >= 11 is 0. The lowest BCUT2D eigenvalue weighted by Crippen LogP contribution is -2.18. The third-order valence-corrected chi connectivity index (χ3v) is 2.48. The van der Waals surface area contributed by atoms with Crippen LogP contribution in [0.25, 0.3) is 0 Å². The average Bonchev–Trinajstić information content (AvgIpc) is 2.63. The van der Waals surface area contributed by atoms with Gasteiger partial charge in [-0.2, -0.15) is 0 Å². The Morgan fingerprint density at radius 1 is 1.19 bits per heavy atom. The molecule has 2 nitrogen and oxygen atoms in total. The lowest BCUT2D eigenvalue weighted by atomic mass is 10.1. The second kappa shape index (κ2) is 10.7. The van der Waals surface area contributed by atoms with Crippen LogP contribution in [0.15, 0.2) is 12.7 Å². The Hall–Kier alpha value is -0.790. The van der Waals surface area contributed by atoms with E-state index in [-0.39, 0.29) is 12.1 Å². The molecule has 0 N–H and O–H groups in total. The minimum absolute atomic E-state index is 0.116. The quantitative estimate of drug-likeness (QED) is 0.523. The Kier molecular flexibility index (Phi) is 11.8. The summed E-state index contributed by atoms with van der Waals surface area (Å²) in [5.41, 5.74) is 0. The van der Waals surface area contributed by atoms with E-state index in [0.717, 1.165) is 12.8 Å². The van der Waals surface area contributed by atoms with Crippen molar-refractivity contribution in [3.8, 4) is 0 Å². The Labute approximate surface area is 101 Å². The van der Waals surface area contributed by atoms with Crippen LogP contribution >= 0.6 is 0 Å². The van der Waals surface area contributed by atoms with E-state index >= 15 is 0 Å². The molecule has 16 heavy (non-hydrogen) atoms. The molecule has 3 unspecified atom stereocenters. The van der Waals surface area contributed by atoms with Gasteiger partial charge in [0.1, 0.15) is 6.10 Å². The summed E-state index contributed by atoms with van der Waals surface area (Å²) in [5, 5.41) is 0. The van der Waals surface area contributed by atoms with Crippen LogP contribution in [0.3, 0.4) is 0 Å². The predicted molar refractivity (Wildman–Crippen MR) is 70.3 cm³/mol. The van der Waals surface area contributed by atoms with E-state index in [1.165, 1.54) is 6.08 Å². The fraction of sp³-hybridized carbons (Fsp3) is 0.786. The Morgan fingerprint density at radius 2 is 1.69 bits per heavy atom. The first-order valence-electron chi connectivity index (χ1n) is 6.46. The Bertz CT molecular complexity index is 187. The monoisotopic (exact) mass is 228 g/mol. The van der Waals surface area contributed by atoms with Gasteiger partial charge >= 0.3 is 5.97 Å². The van der Waals surface area contributed by atoms with Gasteiger partial charge in [-0.3, -0.25) is 0 Å². The molecule has 1 aliphatic carbocycles. The number of carbonyl (C=O) groups excluding carboxylic acids is 1. The SMILES string of the molecule is C=CC(=O)OC1CC(C)CC1C.CC.CC. The van der Waals surface area contributed by atoms with Gasteiger partial charge in [-0.25, -0.2) is 4.79 Å². The zero-order valence-corrected chi connectivity index (χ0v) is 11.7. The van der Waals surface area contributed by atoms with E-state index in [1.54, 1.807) is 0 Å². The molecule has 1 fully saturated rings. The molecule has 0 aliphatic heterocycles. The van der Waals surface area contributed by atoms with Crippen molar-refractivity contribution in [3.63, 3.8) is 0 Å². The van der Waals surface area contributed by atoms with Crippen LogP contribution in [-0.4, -0.2) is 12.1 Å². The van der Waals surface area contributed by atoms with Crippen molar-refractivity contribution >= 4 is 5.97 Å². The van der Waals surface area contributed by atoms with E-state index in [9.17, 15) is 4.79 Å². The normalized spacial score (nSPS) is 26.8. The van der Waals surface area contributed by atoms with Gasteiger partial charge in [0.2, 0.25) is 0 Å². The predicted octanol–water partition coefficient (Wildman–Crippen LogP) is 4.20. The highest BCUT2D eigenvalue weighted by Crippen LogP contribution is 2.32. The van der Waals surface area contributed by atoms with Crippen molar-refractivity contribution in [3.05, 3.63) is 12.7 Å². The molecule has 0 saturated heterocycles. The van der Waals surface area contributed by atoms with Gasteiger partial charge in [-0.1, -0.05) is 48.1 Å². The fourth-order valence-electron chi connectivity index (χ4n) is 1.87. The van der Waals surface area contributed by atoms with Gasteiger partial charge in [-0.05, 0) is 24.7 Å². The minimum Gasteiger partial charge on any atom is -0.459 e. The molecule has 0 aromatic heterocycles. The van der Waals surface area contributed by atoms with Crippen LogP contribution in [0.2, 0.25) is 0 Å². The molecule has 1 rings (SSSR count). The van der Waals surface area contributed by atoms with Gasteiger partial charge in [0.25, 0.3) is 0 Å². The van der Waals surface area contributed by atoms with Crippen molar-refractivity contribution in [2.45, 2.75) is 60.5 Å². The van der Waals surface area contributed by atoms with Crippen LogP contribution in [0, 0.1) is 11.8 Å². The van der Waals surface area contributed by atoms with Crippen molar-refractivity contribution < 1.29 is 9.53 Å². The maximum Gasteiger partial charge on any atom is 0.330 e. The average molecular weight is 228 g/mol. The standard InChI is InChI=1S/C10H16O2.2C2H6/c1-4-10(11)12-9-6-7(2)5-8(9)3;2*1-2/h4,7-9H,1,5-6H2,2-3H3;2*1-2H3. The number of carbonyl (C=O) groups is 1. The number of hydrogen-bond donors (Lipinski definition) is 0. The molecule has 2 heteroatoms. The molecule has 1 aliphatic rings. The summed E-state index contributed by atoms with van der Waals surface area (Å²) in [7, 11) is 0. The molecule has 3 atom stereocenters. The topological polar surface area (TPSA) is 26.3 Å². The summed E-state index contributed by atoms with van der Waals surface area (Å²) in [6.45, 7) is 15.7. The van der Waals surface area contributed by atoms with Crippen molar-refractivity contribution in [2.24, 2.45) is 11.8 Å².